The summed E-state index contributed by atoms with van der Waals surface area (Å²) in [6, 6.07) is -0.301. The molecule has 34 heavy (non-hydrogen) atoms. The Labute approximate surface area is 217 Å². The second-order valence-corrected chi connectivity index (χ2v) is 11.3. The highest BCUT2D eigenvalue weighted by Crippen LogP contribution is 2.38. The maximum Gasteiger partial charge on any atom is 0.410 e. The maximum atomic E-state index is 15.0. The molecule has 2 atom stereocenters. The predicted octanol–water partition coefficient (Wildman–Crippen LogP) is 6.47. The van der Waals surface area contributed by atoms with E-state index in [1.807, 2.05) is 40.7 Å². The van der Waals surface area contributed by atoms with Gasteiger partial charge in [0.1, 0.15) is 21.5 Å². The molecule has 0 N–H and O–H groups in total. The zero-order chi connectivity index (χ0) is 25.2. The number of hydrogen-bond acceptors (Lipinski definition) is 7. The fourth-order valence-corrected chi connectivity index (χ4v) is 5.57. The average molecular weight is 575 g/mol. The molecule has 0 saturated carbocycles. The minimum absolute atomic E-state index is 0.118. The van der Waals surface area contributed by atoms with Crippen molar-refractivity contribution in [2.75, 3.05) is 23.7 Å². The lowest BCUT2D eigenvalue weighted by Crippen LogP contribution is -2.61. The molecular weight excluding hydrogens is 545 g/mol. The smallest absolute Gasteiger partial charge is 0.410 e. The van der Waals surface area contributed by atoms with Crippen molar-refractivity contribution in [1.29, 1.82) is 0 Å². The molecule has 3 rings (SSSR count). The van der Waals surface area contributed by atoms with E-state index < -0.39 is 11.4 Å². The van der Waals surface area contributed by atoms with Crippen molar-refractivity contribution in [1.82, 2.24) is 19.9 Å². The number of rotatable bonds is 6. The molecular formula is C23H30BrClFN5O2S. The lowest BCUT2D eigenvalue weighted by molar-refractivity contribution is 0.00851. The van der Waals surface area contributed by atoms with Crippen LogP contribution in [0.5, 0.6) is 0 Å². The van der Waals surface area contributed by atoms with Gasteiger partial charge in [-0.3, -0.25) is 0 Å². The number of anilines is 1. The number of carbonyl (C=O) groups is 1. The lowest BCUT2D eigenvalue weighted by atomic mass is 9.95. The maximum absolute atomic E-state index is 15.0. The first-order valence-corrected chi connectivity index (χ1v) is 13.4. The van der Waals surface area contributed by atoms with Crippen LogP contribution >= 0.6 is 39.3 Å². The Morgan fingerprint density at radius 1 is 1.29 bits per heavy atom. The summed E-state index contributed by atoms with van der Waals surface area (Å²) in [5, 5.41) is 0.662. The van der Waals surface area contributed by atoms with Gasteiger partial charge < -0.3 is 14.5 Å². The minimum atomic E-state index is -0.679. The number of thioether (sulfide) groups is 1. The fraction of sp³-hybridized carbons (Fsp3) is 0.565. The number of ether oxygens (including phenoxy) is 1. The Kier molecular flexibility index (Phi) is 8.68. The predicted molar refractivity (Wildman–Crippen MR) is 139 cm³/mol. The van der Waals surface area contributed by atoms with E-state index in [9.17, 15) is 4.79 Å². The van der Waals surface area contributed by atoms with E-state index in [1.54, 1.807) is 4.90 Å². The molecule has 7 nitrogen and oxygen atoms in total. The first kappa shape index (κ1) is 26.9. The largest absolute Gasteiger partial charge is 0.444 e. The van der Waals surface area contributed by atoms with Gasteiger partial charge >= 0.3 is 6.09 Å². The third-order valence-corrected chi connectivity index (χ3v) is 7.04. The highest BCUT2D eigenvalue weighted by molar-refractivity contribution is 9.10. The summed E-state index contributed by atoms with van der Waals surface area (Å²) in [7, 11) is 0. The summed E-state index contributed by atoms with van der Waals surface area (Å²) in [6.45, 7) is 14.4. The first-order valence-electron chi connectivity index (χ1n) is 11.2. The molecule has 0 spiro atoms. The minimum Gasteiger partial charge on any atom is -0.444 e. The van der Waals surface area contributed by atoms with E-state index in [1.165, 1.54) is 11.8 Å². The number of fused-ring (bicyclic) bond motifs is 1. The number of carbonyl (C=O) groups excluding carboxylic acids is 1. The standard InChI is InChI=1S/C23H30BrClFN5O2S/c1-7-10-14-13(8-2)31(22(32)33-23(4,5)6)12-11-30(14)20-15-17(27-21(29-20)34-9-3)16(26)19(25)28-18(15)24/h7,13-14H,1,8-12H2,2-6H3/t13-,14+/m0/s1. The SMILES string of the molecule is C=CC[C@@H]1[C@H](CC)N(C(=O)OC(C)(C)C)CCN1c1nc(SCC)nc2c(F)c(Cl)nc(Br)c12. The third kappa shape index (κ3) is 5.60. The van der Waals surface area contributed by atoms with E-state index >= 15 is 4.39 Å². The van der Waals surface area contributed by atoms with Crippen molar-refractivity contribution in [2.45, 2.75) is 70.3 Å². The van der Waals surface area contributed by atoms with Gasteiger partial charge in [-0.05, 0) is 55.3 Å². The Balaban J connectivity index is 2.14. The summed E-state index contributed by atoms with van der Waals surface area (Å²) in [4.78, 5) is 30.3. The van der Waals surface area contributed by atoms with Gasteiger partial charge in [-0.2, -0.15) is 0 Å². The van der Waals surface area contributed by atoms with Crippen LogP contribution in [0.1, 0.15) is 47.5 Å². The van der Waals surface area contributed by atoms with Crippen LogP contribution in [-0.4, -0.2) is 62.5 Å². The van der Waals surface area contributed by atoms with Gasteiger partial charge in [0.15, 0.2) is 16.1 Å². The first-order chi connectivity index (χ1) is 16.0. The van der Waals surface area contributed by atoms with Crippen molar-refractivity contribution < 1.29 is 13.9 Å². The molecule has 0 aliphatic carbocycles. The molecule has 2 aromatic heterocycles. The van der Waals surface area contributed by atoms with Gasteiger partial charge in [0.05, 0.1) is 17.5 Å². The van der Waals surface area contributed by atoms with Gasteiger partial charge in [0.25, 0.3) is 0 Å². The Hall–Kier alpha value is -1.65. The van der Waals surface area contributed by atoms with Crippen molar-refractivity contribution in [2.24, 2.45) is 0 Å². The van der Waals surface area contributed by atoms with Crippen molar-refractivity contribution in [3.05, 3.63) is 28.2 Å². The molecule has 186 valence electrons. The molecule has 1 saturated heterocycles. The van der Waals surface area contributed by atoms with E-state index in [4.69, 9.17) is 21.3 Å². The summed E-state index contributed by atoms with van der Waals surface area (Å²) >= 11 is 10.9. The van der Waals surface area contributed by atoms with Crippen LogP contribution in [0.2, 0.25) is 5.15 Å². The zero-order valence-electron chi connectivity index (χ0n) is 20.1. The van der Waals surface area contributed by atoms with Crippen LogP contribution in [0.15, 0.2) is 22.4 Å². The van der Waals surface area contributed by atoms with Crippen LogP contribution in [-0.2, 0) is 4.74 Å². The normalized spacial score (nSPS) is 18.9. The number of halogens is 3. The molecule has 0 unspecified atom stereocenters. The molecule has 3 heterocycles. The quantitative estimate of drug-likeness (QED) is 0.169. The molecule has 1 fully saturated rings. The Morgan fingerprint density at radius 3 is 2.59 bits per heavy atom. The second kappa shape index (κ2) is 11.0. The fourth-order valence-electron chi connectivity index (χ4n) is 4.19. The highest BCUT2D eigenvalue weighted by Gasteiger charge is 2.40. The van der Waals surface area contributed by atoms with Crippen LogP contribution in [0, 0.1) is 5.82 Å². The van der Waals surface area contributed by atoms with Crippen LogP contribution in [0.25, 0.3) is 10.9 Å². The van der Waals surface area contributed by atoms with E-state index in [-0.39, 0.29) is 28.8 Å². The molecule has 11 heteroatoms. The van der Waals surface area contributed by atoms with Gasteiger partial charge in [-0.1, -0.05) is 43.3 Å². The van der Waals surface area contributed by atoms with Crippen LogP contribution < -0.4 is 4.90 Å². The second-order valence-electron chi connectivity index (χ2n) is 8.93. The van der Waals surface area contributed by atoms with Gasteiger partial charge in [-0.15, -0.1) is 6.58 Å². The van der Waals surface area contributed by atoms with Gasteiger partial charge in [0.2, 0.25) is 0 Å². The zero-order valence-corrected chi connectivity index (χ0v) is 23.2. The molecule has 0 aromatic carbocycles. The topological polar surface area (TPSA) is 71.5 Å². The summed E-state index contributed by atoms with van der Waals surface area (Å²) < 4.78 is 21.1. The van der Waals surface area contributed by atoms with Crippen LogP contribution in [0.4, 0.5) is 15.0 Å². The number of aromatic nitrogens is 3. The molecule has 1 aliphatic rings. The number of hydrogen-bond donors (Lipinski definition) is 0. The monoisotopic (exact) mass is 573 g/mol. The van der Waals surface area contributed by atoms with E-state index in [0.29, 0.717) is 46.9 Å². The molecule has 1 aliphatic heterocycles. The number of pyridine rings is 1. The number of amides is 1. The highest BCUT2D eigenvalue weighted by atomic mass is 79.9. The summed E-state index contributed by atoms with van der Waals surface area (Å²) in [6.07, 6.45) is 2.78. The van der Waals surface area contributed by atoms with Crippen molar-refractivity contribution in [3.8, 4) is 0 Å². The molecule has 0 bridgehead atoms. The molecule has 2 aromatic rings. The number of piperazine rings is 1. The lowest BCUT2D eigenvalue weighted by Gasteiger charge is -2.48. The van der Waals surface area contributed by atoms with Gasteiger partial charge in [-0.25, -0.2) is 24.1 Å². The van der Waals surface area contributed by atoms with Crippen molar-refractivity contribution >= 4 is 62.1 Å². The molecule has 1 amide bonds. The average Bonchev–Trinajstić information content (AvgIpc) is 2.75. The van der Waals surface area contributed by atoms with Crippen molar-refractivity contribution in [3.63, 3.8) is 0 Å². The Morgan fingerprint density at radius 2 is 2.00 bits per heavy atom. The number of nitrogens with zero attached hydrogens (tertiary/aromatic N) is 5. The van der Waals surface area contributed by atoms with E-state index in [2.05, 4.69) is 37.4 Å². The third-order valence-electron chi connectivity index (χ3n) is 5.49. The van der Waals surface area contributed by atoms with Crippen LogP contribution in [0.3, 0.4) is 0 Å². The summed E-state index contributed by atoms with van der Waals surface area (Å²) in [5.41, 5.74) is -0.476. The molecule has 0 radical (unpaired) electrons. The van der Waals surface area contributed by atoms with E-state index in [0.717, 1.165) is 5.75 Å². The Bertz CT molecular complexity index is 1080. The summed E-state index contributed by atoms with van der Waals surface area (Å²) in [5.74, 6) is 0.610. The van der Waals surface area contributed by atoms with Gasteiger partial charge in [0, 0.05) is 13.1 Å².